The Hall–Kier alpha value is -0.0800. The zero-order valence-corrected chi connectivity index (χ0v) is 13.9. The molecule has 0 radical (unpaired) electrons. The average Bonchev–Trinajstić information content (AvgIpc) is 2.41. The van der Waals surface area contributed by atoms with Crippen molar-refractivity contribution in [2.75, 3.05) is 5.75 Å². The average molecular weight is 287 g/mol. The third kappa shape index (κ3) is 15.9. The maximum absolute atomic E-state index is 9.71. The third-order valence-electron chi connectivity index (χ3n) is 3.28. The molecule has 0 spiro atoms. The van der Waals surface area contributed by atoms with Crippen molar-refractivity contribution >= 4 is 16.4 Å². The first kappa shape index (κ1) is 18.9. The van der Waals surface area contributed by atoms with Gasteiger partial charge in [0.2, 0.25) is 0 Å². The Kier molecular flexibility index (Phi) is 15.9. The van der Waals surface area contributed by atoms with Crippen molar-refractivity contribution in [3.63, 3.8) is 0 Å². The van der Waals surface area contributed by atoms with Gasteiger partial charge in [0, 0.05) is 0 Å². The van der Waals surface area contributed by atoms with Gasteiger partial charge in [-0.25, -0.2) is 0 Å². The fraction of sp³-hybridized carbons (Fsp3) is 0.824. The molecule has 0 unspecified atom stereocenters. The van der Waals surface area contributed by atoms with E-state index in [4.69, 9.17) is 0 Å². The molecule has 0 saturated heterocycles. The monoisotopic (exact) mass is 286 g/mol. The number of hydrogen-bond donors (Lipinski definition) is 2. The zero-order chi connectivity index (χ0) is 14.2. The molecule has 0 amide bonds. The number of thiol groups is 1. The van der Waals surface area contributed by atoms with Gasteiger partial charge in [0.15, 0.2) is 0 Å². The molecule has 0 heterocycles. The van der Waals surface area contributed by atoms with Crippen molar-refractivity contribution in [2.24, 2.45) is 0 Å². The molecular formula is C17H34OS. The number of allylic oxidation sites excluding steroid dienone is 1. The van der Waals surface area contributed by atoms with E-state index in [0.717, 1.165) is 23.5 Å². The molecule has 0 fully saturated rings. The molecule has 19 heavy (non-hydrogen) atoms. The minimum Gasteiger partial charge on any atom is -0.356 e. The Morgan fingerprint density at radius 3 is 2.05 bits per heavy atom. The molecular weight excluding hydrogens is 252 g/mol. The van der Waals surface area contributed by atoms with Crippen LogP contribution in [0.2, 0.25) is 0 Å². The van der Waals surface area contributed by atoms with Gasteiger partial charge in [-0.3, -0.25) is 0 Å². The lowest BCUT2D eigenvalue weighted by Gasteiger charge is -1.98. The summed E-state index contributed by atoms with van der Waals surface area (Å²) in [5.74, 6) is 1.11. The van der Waals surface area contributed by atoms with Crippen LogP contribution in [0.5, 0.6) is 0 Å². The quantitative estimate of drug-likeness (QED) is 0.183. The summed E-state index contributed by atoms with van der Waals surface area (Å²) in [6.07, 6.45) is 18.3. The van der Waals surface area contributed by atoms with Crippen LogP contribution >= 0.6 is 11.4 Å². The van der Waals surface area contributed by atoms with Crippen molar-refractivity contribution in [3.05, 3.63) is 12.2 Å². The first-order chi connectivity index (χ1) is 9.31. The fourth-order valence-corrected chi connectivity index (χ4v) is 2.84. The van der Waals surface area contributed by atoms with Crippen LogP contribution in [0.15, 0.2) is 12.2 Å². The standard InChI is InChI=1S/C17H34OS/c1-3-5-7-9-10-11-13-15-17(18)19-16-14-12-8-6-4-2/h13,15,18-19H,3-12,14,16H2,1-2H3/b15-13+. The number of unbranched alkanes of at least 4 members (excludes halogenated alkanes) is 9. The first-order valence-corrected chi connectivity index (χ1v) is 9.29. The number of aliphatic hydroxyl groups is 1. The second-order valence-corrected chi connectivity index (χ2v) is 6.48. The van der Waals surface area contributed by atoms with Crippen LogP contribution in [0.1, 0.15) is 84.5 Å². The Balaban J connectivity index is 3.41. The van der Waals surface area contributed by atoms with Gasteiger partial charge in [-0.2, -0.15) is 11.4 Å². The van der Waals surface area contributed by atoms with Crippen LogP contribution in [-0.4, -0.2) is 15.9 Å². The highest BCUT2D eigenvalue weighted by atomic mass is 32.1. The summed E-state index contributed by atoms with van der Waals surface area (Å²) in [7, 11) is 0. The van der Waals surface area contributed by atoms with E-state index in [1.807, 2.05) is 6.08 Å². The predicted octanol–water partition coefficient (Wildman–Crippen LogP) is 6.03. The van der Waals surface area contributed by atoms with Gasteiger partial charge in [0.1, 0.15) is 0 Å². The topological polar surface area (TPSA) is 20.2 Å². The Bertz CT molecular complexity index is 233. The summed E-state index contributed by atoms with van der Waals surface area (Å²) in [6, 6.07) is 0. The van der Waals surface area contributed by atoms with E-state index in [-0.39, 0.29) is 0 Å². The van der Waals surface area contributed by atoms with E-state index in [1.54, 1.807) is 0 Å². The summed E-state index contributed by atoms with van der Waals surface area (Å²) in [5.41, 5.74) is 0. The van der Waals surface area contributed by atoms with Crippen molar-refractivity contribution in [3.8, 4) is 0 Å². The van der Waals surface area contributed by atoms with Crippen molar-refractivity contribution in [2.45, 2.75) is 84.5 Å². The molecule has 0 bridgehead atoms. The van der Waals surface area contributed by atoms with E-state index < -0.39 is 0 Å². The second kappa shape index (κ2) is 16.0. The smallest absolute Gasteiger partial charge is 0.0924 e. The Morgan fingerprint density at radius 2 is 1.42 bits per heavy atom. The molecule has 0 saturated carbocycles. The molecule has 0 atom stereocenters. The van der Waals surface area contributed by atoms with Crippen LogP contribution in [-0.2, 0) is 0 Å². The van der Waals surface area contributed by atoms with Gasteiger partial charge >= 0.3 is 0 Å². The lowest BCUT2D eigenvalue weighted by molar-refractivity contribution is 0.573. The fourth-order valence-electron chi connectivity index (χ4n) is 2.02. The van der Waals surface area contributed by atoms with Gasteiger partial charge in [-0.15, -0.1) is 0 Å². The van der Waals surface area contributed by atoms with E-state index >= 15 is 0 Å². The maximum Gasteiger partial charge on any atom is 0.0924 e. The van der Waals surface area contributed by atoms with E-state index in [2.05, 4.69) is 19.9 Å². The van der Waals surface area contributed by atoms with Crippen LogP contribution in [0.25, 0.3) is 0 Å². The summed E-state index contributed by atoms with van der Waals surface area (Å²) in [5, 5.41) is 10.3. The second-order valence-electron chi connectivity index (χ2n) is 5.26. The highest BCUT2D eigenvalue weighted by Crippen LogP contribution is 2.07. The molecule has 0 aromatic heterocycles. The van der Waals surface area contributed by atoms with Crippen molar-refractivity contribution < 1.29 is 5.11 Å². The molecule has 0 aliphatic rings. The summed E-state index contributed by atoms with van der Waals surface area (Å²) in [4.78, 5) is 0. The molecule has 0 aromatic carbocycles. The highest BCUT2D eigenvalue weighted by molar-refractivity contribution is 7.98. The summed E-state index contributed by atoms with van der Waals surface area (Å²) >= 11 is 1.10. The van der Waals surface area contributed by atoms with Crippen LogP contribution in [0.3, 0.4) is 0 Å². The molecule has 0 rings (SSSR count). The summed E-state index contributed by atoms with van der Waals surface area (Å²) < 4.78 is 0. The SMILES string of the molecule is CCCCCCC/C=C/C(O)=[SH]\CCCCCCC. The molecule has 1 nitrogen and oxygen atoms in total. The van der Waals surface area contributed by atoms with Gasteiger partial charge in [0.05, 0.1) is 5.05 Å². The minimum atomic E-state index is 0.545. The Labute approximate surface area is 124 Å². The van der Waals surface area contributed by atoms with Gasteiger partial charge < -0.3 is 5.11 Å². The maximum atomic E-state index is 9.71. The van der Waals surface area contributed by atoms with Crippen LogP contribution in [0, 0.1) is 0 Å². The van der Waals surface area contributed by atoms with Crippen molar-refractivity contribution in [1.29, 1.82) is 0 Å². The largest absolute Gasteiger partial charge is 0.356 e. The van der Waals surface area contributed by atoms with E-state index in [0.29, 0.717) is 5.05 Å². The Morgan fingerprint density at radius 1 is 0.842 bits per heavy atom. The number of rotatable bonds is 13. The first-order valence-electron chi connectivity index (χ1n) is 8.21. The highest BCUT2D eigenvalue weighted by Gasteiger charge is 1.89. The van der Waals surface area contributed by atoms with Gasteiger partial charge in [0.25, 0.3) is 0 Å². The molecule has 0 aliphatic carbocycles. The third-order valence-corrected chi connectivity index (χ3v) is 4.29. The lowest BCUT2D eigenvalue weighted by Crippen LogP contribution is -1.88. The predicted molar refractivity (Wildman–Crippen MR) is 92.8 cm³/mol. The normalized spacial score (nSPS) is 12.9. The molecule has 1 N–H and O–H groups in total. The van der Waals surface area contributed by atoms with Crippen LogP contribution < -0.4 is 0 Å². The molecule has 2 heteroatoms. The molecule has 114 valence electrons. The van der Waals surface area contributed by atoms with Gasteiger partial charge in [-0.05, 0) is 31.1 Å². The van der Waals surface area contributed by atoms with E-state index in [1.165, 1.54) is 64.2 Å². The number of aliphatic hydroxyl groups excluding tert-OH is 1. The minimum absolute atomic E-state index is 0.545. The number of hydrogen-bond acceptors (Lipinski definition) is 0. The van der Waals surface area contributed by atoms with E-state index in [9.17, 15) is 5.11 Å². The molecule has 0 aromatic rings. The zero-order valence-electron chi connectivity index (χ0n) is 13.0. The van der Waals surface area contributed by atoms with Crippen molar-refractivity contribution in [1.82, 2.24) is 0 Å². The lowest BCUT2D eigenvalue weighted by atomic mass is 10.1. The van der Waals surface area contributed by atoms with Gasteiger partial charge in [-0.1, -0.05) is 71.3 Å². The summed E-state index contributed by atoms with van der Waals surface area (Å²) in [6.45, 7) is 4.49. The molecule has 0 aliphatic heterocycles. The van der Waals surface area contributed by atoms with Crippen LogP contribution in [0.4, 0.5) is 0 Å².